The molecule has 1 N–H and O–H groups in total. The van der Waals surface area contributed by atoms with E-state index in [1.165, 1.54) is 19.2 Å². The Balaban J connectivity index is 1.60. The number of aromatic nitrogens is 2. The van der Waals surface area contributed by atoms with Crippen molar-refractivity contribution in [2.75, 3.05) is 25.5 Å². The van der Waals surface area contributed by atoms with Crippen molar-refractivity contribution in [1.82, 2.24) is 14.7 Å². The van der Waals surface area contributed by atoms with Crippen LogP contribution in [0.3, 0.4) is 0 Å². The highest BCUT2D eigenvalue weighted by Gasteiger charge is 2.31. The molecular formula is C27H30ClFN4O4. The first-order chi connectivity index (χ1) is 17.5. The first kappa shape index (κ1) is 26.5. The summed E-state index contributed by atoms with van der Waals surface area (Å²) >= 11 is 6.30. The molecule has 10 heteroatoms. The summed E-state index contributed by atoms with van der Waals surface area (Å²) in [6.07, 6.45) is 2.71. The molecular weight excluding hydrogens is 499 g/mol. The molecule has 0 spiro atoms. The van der Waals surface area contributed by atoms with Gasteiger partial charge in [-0.3, -0.25) is 4.79 Å². The highest BCUT2D eigenvalue weighted by Crippen LogP contribution is 2.33. The molecule has 196 valence electrons. The second-order valence-corrected chi connectivity index (χ2v) is 10.3. The van der Waals surface area contributed by atoms with Crippen LogP contribution in [0.4, 0.5) is 14.9 Å². The van der Waals surface area contributed by atoms with Crippen molar-refractivity contribution < 1.29 is 23.5 Å². The minimum absolute atomic E-state index is 0.0191. The molecule has 0 bridgehead atoms. The van der Waals surface area contributed by atoms with Crippen LogP contribution in [0, 0.1) is 5.82 Å². The van der Waals surface area contributed by atoms with Crippen LogP contribution in [0.5, 0.6) is 5.75 Å². The normalized spacial score (nSPS) is 14.4. The lowest BCUT2D eigenvalue weighted by molar-refractivity contribution is 0.0204. The van der Waals surface area contributed by atoms with Gasteiger partial charge in [0, 0.05) is 30.9 Å². The quantitative estimate of drug-likeness (QED) is 0.436. The van der Waals surface area contributed by atoms with Gasteiger partial charge < -0.3 is 19.7 Å². The number of hydrogen-bond donors (Lipinski definition) is 1. The predicted molar refractivity (Wildman–Crippen MR) is 139 cm³/mol. The van der Waals surface area contributed by atoms with Crippen LogP contribution in [0.25, 0.3) is 5.69 Å². The van der Waals surface area contributed by atoms with Crippen molar-refractivity contribution in [3.05, 3.63) is 70.8 Å². The molecule has 1 aliphatic heterocycles. The number of hydrogen-bond acceptors (Lipinski definition) is 5. The summed E-state index contributed by atoms with van der Waals surface area (Å²) < 4.78 is 25.8. The smallest absolute Gasteiger partial charge is 0.410 e. The fourth-order valence-electron chi connectivity index (χ4n) is 4.20. The summed E-state index contributed by atoms with van der Waals surface area (Å²) in [5, 5.41) is 7.76. The number of rotatable bonds is 5. The summed E-state index contributed by atoms with van der Waals surface area (Å²) in [7, 11) is 1.53. The molecule has 0 aliphatic carbocycles. The highest BCUT2D eigenvalue weighted by atomic mass is 35.5. The Hall–Kier alpha value is -3.59. The molecule has 2 heterocycles. The standard InChI is InChI=1S/C27H30ClFN4O4/c1-27(2,3)37-26(35)32-13-11-17(12-14-32)21-16-33(19-7-5-18(29)6-8-19)31-24(21)25(34)30-23-15-20(36-4)9-10-22(23)28/h5-10,15-17H,11-14H2,1-4H3,(H,30,34). The van der Waals surface area contributed by atoms with Crippen LogP contribution in [-0.2, 0) is 4.74 Å². The number of piperidine rings is 1. The van der Waals surface area contributed by atoms with Gasteiger partial charge in [0.2, 0.25) is 0 Å². The number of halogens is 2. The number of ether oxygens (including phenoxy) is 2. The third kappa shape index (κ3) is 6.40. The maximum Gasteiger partial charge on any atom is 0.410 e. The fraction of sp³-hybridized carbons (Fsp3) is 0.370. The van der Waals surface area contributed by atoms with Crippen molar-refractivity contribution in [3.8, 4) is 11.4 Å². The van der Waals surface area contributed by atoms with E-state index in [1.54, 1.807) is 46.1 Å². The third-order valence-corrected chi connectivity index (χ3v) is 6.39. The zero-order chi connectivity index (χ0) is 26.7. The number of amides is 2. The third-order valence-electron chi connectivity index (χ3n) is 6.06. The summed E-state index contributed by atoms with van der Waals surface area (Å²) in [5.41, 5.74) is 1.42. The number of nitrogens with one attached hydrogen (secondary N) is 1. The van der Waals surface area contributed by atoms with Gasteiger partial charge in [-0.25, -0.2) is 13.9 Å². The van der Waals surface area contributed by atoms with Crippen LogP contribution in [0.1, 0.15) is 55.6 Å². The molecule has 37 heavy (non-hydrogen) atoms. The molecule has 1 fully saturated rings. The van der Waals surface area contributed by atoms with Gasteiger partial charge in [-0.2, -0.15) is 5.10 Å². The van der Waals surface area contributed by atoms with Crippen molar-refractivity contribution >= 4 is 29.3 Å². The van der Waals surface area contributed by atoms with Crippen LogP contribution >= 0.6 is 11.6 Å². The number of benzene rings is 2. The van der Waals surface area contributed by atoms with E-state index < -0.39 is 11.5 Å². The van der Waals surface area contributed by atoms with E-state index in [1.807, 2.05) is 20.8 Å². The van der Waals surface area contributed by atoms with E-state index in [-0.39, 0.29) is 23.5 Å². The largest absolute Gasteiger partial charge is 0.497 e. The molecule has 1 aliphatic rings. The van der Waals surface area contributed by atoms with Gasteiger partial charge in [0.1, 0.15) is 17.2 Å². The van der Waals surface area contributed by atoms with Crippen LogP contribution in [-0.4, -0.2) is 52.5 Å². The minimum atomic E-state index is -0.573. The lowest BCUT2D eigenvalue weighted by atomic mass is 9.89. The lowest BCUT2D eigenvalue weighted by Crippen LogP contribution is -2.41. The molecule has 4 rings (SSSR count). The molecule has 2 aromatic carbocycles. The van der Waals surface area contributed by atoms with Gasteiger partial charge in [-0.05, 0) is 75.9 Å². The Morgan fingerprint density at radius 3 is 2.41 bits per heavy atom. The van der Waals surface area contributed by atoms with E-state index in [0.717, 1.165) is 5.56 Å². The number of nitrogens with zero attached hydrogens (tertiary/aromatic N) is 3. The minimum Gasteiger partial charge on any atom is -0.497 e. The van der Waals surface area contributed by atoms with E-state index in [9.17, 15) is 14.0 Å². The molecule has 0 saturated carbocycles. The first-order valence-electron chi connectivity index (χ1n) is 12.0. The summed E-state index contributed by atoms with van der Waals surface area (Å²) in [6, 6.07) is 10.8. The number of anilines is 1. The van der Waals surface area contributed by atoms with Gasteiger partial charge in [-0.15, -0.1) is 0 Å². The second kappa shape index (κ2) is 10.8. The van der Waals surface area contributed by atoms with Gasteiger partial charge in [0.25, 0.3) is 5.91 Å². The van der Waals surface area contributed by atoms with E-state index in [2.05, 4.69) is 10.4 Å². The van der Waals surface area contributed by atoms with Gasteiger partial charge in [0.15, 0.2) is 5.69 Å². The topological polar surface area (TPSA) is 85.7 Å². The van der Waals surface area contributed by atoms with Gasteiger partial charge in [0.05, 0.1) is 23.5 Å². The molecule has 1 aromatic heterocycles. The Kier molecular flexibility index (Phi) is 7.73. The summed E-state index contributed by atoms with van der Waals surface area (Å²) in [5.74, 6) is -0.266. The SMILES string of the molecule is COc1ccc(Cl)c(NC(=O)c2nn(-c3ccc(F)cc3)cc2C2CCN(C(=O)OC(C)(C)C)CC2)c1. The average molecular weight is 529 g/mol. The average Bonchev–Trinajstić information content (AvgIpc) is 3.30. The Morgan fingerprint density at radius 1 is 1.11 bits per heavy atom. The van der Waals surface area contributed by atoms with Crippen molar-refractivity contribution in [3.63, 3.8) is 0 Å². The molecule has 2 amide bonds. The molecule has 8 nitrogen and oxygen atoms in total. The Bertz CT molecular complexity index is 1280. The Morgan fingerprint density at radius 2 is 1.78 bits per heavy atom. The molecule has 1 saturated heterocycles. The van der Waals surface area contributed by atoms with E-state index >= 15 is 0 Å². The Labute approximate surface area is 220 Å². The number of carbonyl (C=O) groups is 2. The van der Waals surface area contributed by atoms with E-state index in [4.69, 9.17) is 21.1 Å². The molecule has 0 unspecified atom stereocenters. The highest BCUT2D eigenvalue weighted by molar-refractivity contribution is 6.34. The van der Waals surface area contributed by atoms with Crippen LogP contribution in [0.2, 0.25) is 5.02 Å². The lowest BCUT2D eigenvalue weighted by Gasteiger charge is -2.33. The fourth-order valence-corrected chi connectivity index (χ4v) is 4.36. The monoisotopic (exact) mass is 528 g/mol. The van der Waals surface area contributed by atoms with Gasteiger partial charge >= 0.3 is 6.09 Å². The van der Waals surface area contributed by atoms with E-state index in [0.29, 0.717) is 48.1 Å². The molecule has 0 radical (unpaired) electrons. The number of carbonyl (C=O) groups excluding carboxylic acids is 2. The maximum absolute atomic E-state index is 13.5. The van der Waals surface area contributed by atoms with Crippen molar-refractivity contribution in [1.29, 1.82) is 0 Å². The summed E-state index contributed by atoms with van der Waals surface area (Å²) in [6.45, 7) is 6.48. The summed E-state index contributed by atoms with van der Waals surface area (Å²) in [4.78, 5) is 27.6. The zero-order valence-corrected chi connectivity index (χ0v) is 22.0. The molecule has 3 aromatic rings. The van der Waals surface area contributed by atoms with Gasteiger partial charge in [-0.1, -0.05) is 11.6 Å². The second-order valence-electron chi connectivity index (χ2n) is 9.90. The van der Waals surface area contributed by atoms with Crippen LogP contribution < -0.4 is 10.1 Å². The zero-order valence-electron chi connectivity index (χ0n) is 21.3. The first-order valence-corrected chi connectivity index (χ1v) is 12.4. The predicted octanol–water partition coefficient (Wildman–Crippen LogP) is 6.04. The van der Waals surface area contributed by atoms with Crippen molar-refractivity contribution in [2.24, 2.45) is 0 Å². The number of likely N-dealkylation sites (tertiary alicyclic amines) is 1. The maximum atomic E-state index is 13.5. The van der Waals surface area contributed by atoms with Crippen LogP contribution in [0.15, 0.2) is 48.7 Å². The molecule has 0 atom stereocenters. The number of methoxy groups -OCH3 is 1. The van der Waals surface area contributed by atoms with Crippen molar-refractivity contribution in [2.45, 2.75) is 45.1 Å².